The Balaban J connectivity index is 1.46. The van der Waals surface area contributed by atoms with Gasteiger partial charge in [-0.3, -0.25) is 0 Å². The zero-order valence-electron chi connectivity index (χ0n) is 16.2. The summed E-state index contributed by atoms with van der Waals surface area (Å²) in [5.74, 6) is 3.21. The van der Waals surface area contributed by atoms with Gasteiger partial charge in [-0.05, 0) is 98.7 Å². The van der Waals surface area contributed by atoms with Gasteiger partial charge in [0.15, 0.2) is 0 Å². The summed E-state index contributed by atoms with van der Waals surface area (Å²) in [6, 6.07) is 0. The Kier molecular flexibility index (Phi) is 3.56. The Morgan fingerprint density at radius 3 is 2.20 bits per heavy atom. The van der Waals surface area contributed by atoms with E-state index < -0.39 is 0 Å². The number of ether oxygens (including phenoxy) is 1. The molecule has 10 unspecified atom stereocenters. The lowest BCUT2D eigenvalue weighted by molar-refractivity contribution is -0.172. The maximum Gasteiger partial charge on any atom is 0.0921 e. The van der Waals surface area contributed by atoms with Crippen molar-refractivity contribution >= 4 is 0 Å². The molecule has 1 saturated heterocycles. The lowest BCUT2D eigenvalue weighted by Crippen LogP contribution is -2.58. The Hall–Kier alpha value is -0.120. The molecular formula is C22H36O3. The number of hydrogen-bond donors (Lipinski definition) is 2. The molecule has 0 radical (unpaired) electrons. The van der Waals surface area contributed by atoms with E-state index in [9.17, 15) is 10.2 Å². The van der Waals surface area contributed by atoms with Crippen molar-refractivity contribution in [1.82, 2.24) is 0 Å². The van der Waals surface area contributed by atoms with Crippen molar-refractivity contribution in [3.05, 3.63) is 0 Å². The molecule has 0 aromatic carbocycles. The molecule has 0 aromatic rings. The van der Waals surface area contributed by atoms with Crippen LogP contribution in [0.1, 0.15) is 72.1 Å². The fourth-order valence-corrected chi connectivity index (χ4v) is 8.60. The summed E-state index contributed by atoms with van der Waals surface area (Å²) in [7, 11) is 0. The third kappa shape index (κ3) is 2.21. The van der Waals surface area contributed by atoms with Crippen molar-refractivity contribution in [1.29, 1.82) is 0 Å². The topological polar surface area (TPSA) is 53.0 Å². The SMILES string of the molecule is CC1(C2CCC3C4CC(O)C5CC(O)CCC5(C)C4CCC32C)CO1. The van der Waals surface area contributed by atoms with Crippen LogP contribution in [0, 0.1) is 40.4 Å². The highest BCUT2D eigenvalue weighted by atomic mass is 16.6. The van der Waals surface area contributed by atoms with E-state index in [1.807, 2.05) is 0 Å². The monoisotopic (exact) mass is 348 g/mol. The summed E-state index contributed by atoms with van der Waals surface area (Å²) in [5, 5.41) is 21.2. The summed E-state index contributed by atoms with van der Waals surface area (Å²) in [6.07, 6.45) is 8.72. The molecule has 2 N–H and O–H groups in total. The van der Waals surface area contributed by atoms with Gasteiger partial charge >= 0.3 is 0 Å². The van der Waals surface area contributed by atoms with Crippen LogP contribution in [-0.2, 0) is 4.74 Å². The molecule has 4 aliphatic carbocycles. The standard InChI is InChI=1S/C22H36O3/c1-20-8-6-13(23)10-17(20)18(24)11-14-15-4-5-19(22(3)12-25-22)21(15,2)9-7-16(14)20/h13-19,23-24H,4-12H2,1-3H3. The van der Waals surface area contributed by atoms with Crippen LogP contribution in [0.15, 0.2) is 0 Å². The summed E-state index contributed by atoms with van der Waals surface area (Å²) < 4.78 is 5.89. The minimum absolute atomic E-state index is 0.144. The summed E-state index contributed by atoms with van der Waals surface area (Å²) in [5.41, 5.74) is 0.787. The smallest absolute Gasteiger partial charge is 0.0921 e. The van der Waals surface area contributed by atoms with Crippen molar-refractivity contribution in [2.75, 3.05) is 6.61 Å². The van der Waals surface area contributed by atoms with Gasteiger partial charge in [-0.25, -0.2) is 0 Å². The normalized spacial score (nSPS) is 63.5. The summed E-state index contributed by atoms with van der Waals surface area (Å²) >= 11 is 0. The average Bonchev–Trinajstić information content (AvgIpc) is 3.18. The highest BCUT2D eigenvalue weighted by Gasteiger charge is 2.66. The van der Waals surface area contributed by atoms with Crippen molar-refractivity contribution < 1.29 is 14.9 Å². The molecule has 5 aliphatic rings. The van der Waals surface area contributed by atoms with Crippen LogP contribution in [-0.4, -0.2) is 34.6 Å². The van der Waals surface area contributed by atoms with Gasteiger partial charge in [-0.2, -0.15) is 0 Å². The van der Waals surface area contributed by atoms with Gasteiger partial charge in [0, 0.05) is 0 Å². The number of aliphatic hydroxyl groups is 2. The maximum atomic E-state index is 11.0. The molecule has 10 atom stereocenters. The van der Waals surface area contributed by atoms with Crippen molar-refractivity contribution in [3.63, 3.8) is 0 Å². The zero-order chi connectivity index (χ0) is 17.6. The van der Waals surface area contributed by atoms with Crippen LogP contribution >= 0.6 is 0 Å². The van der Waals surface area contributed by atoms with E-state index in [0.29, 0.717) is 23.2 Å². The van der Waals surface area contributed by atoms with Gasteiger partial charge in [0.1, 0.15) is 0 Å². The van der Waals surface area contributed by atoms with Gasteiger partial charge in [0.05, 0.1) is 24.4 Å². The zero-order valence-corrected chi connectivity index (χ0v) is 16.2. The van der Waals surface area contributed by atoms with E-state index in [-0.39, 0.29) is 23.2 Å². The second kappa shape index (κ2) is 5.23. The molecule has 5 fully saturated rings. The molecule has 0 spiro atoms. The third-order valence-corrected chi connectivity index (χ3v) is 9.99. The Morgan fingerprint density at radius 1 is 0.800 bits per heavy atom. The predicted octanol–water partition coefficient (Wildman–Crippen LogP) is 3.77. The first-order chi connectivity index (χ1) is 11.8. The largest absolute Gasteiger partial charge is 0.393 e. The van der Waals surface area contributed by atoms with E-state index in [2.05, 4.69) is 20.8 Å². The Morgan fingerprint density at radius 2 is 1.48 bits per heavy atom. The summed E-state index contributed by atoms with van der Waals surface area (Å²) in [4.78, 5) is 0. The fraction of sp³-hybridized carbons (Fsp3) is 1.00. The molecular weight excluding hydrogens is 312 g/mol. The first kappa shape index (κ1) is 17.0. The second-order valence-corrected chi connectivity index (χ2v) is 11.0. The Labute approximate surface area is 152 Å². The van der Waals surface area contributed by atoms with Gasteiger partial charge in [-0.1, -0.05) is 13.8 Å². The number of epoxide rings is 1. The quantitative estimate of drug-likeness (QED) is 0.709. The van der Waals surface area contributed by atoms with E-state index in [4.69, 9.17) is 4.74 Å². The van der Waals surface area contributed by atoms with Crippen LogP contribution in [0.4, 0.5) is 0 Å². The molecule has 5 rings (SSSR count). The molecule has 0 amide bonds. The third-order valence-electron chi connectivity index (χ3n) is 9.99. The second-order valence-electron chi connectivity index (χ2n) is 11.0. The van der Waals surface area contributed by atoms with E-state index in [0.717, 1.165) is 44.1 Å². The van der Waals surface area contributed by atoms with Crippen LogP contribution in [0.25, 0.3) is 0 Å². The van der Waals surface area contributed by atoms with E-state index in [1.54, 1.807) is 0 Å². The lowest BCUT2D eigenvalue weighted by atomic mass is 9.44. The molecule has 25 heavy (non-hydrogen) atoms. The number of rotatable bonds is 1. The van der Waals surface area contributed by atoms with Crippen LogP contribution in [0.3, 0.4) is 0 Å². The first-order valence-corrected chi connectivity index (χ1v) is 10.8. The number of aliphatic hydroxyl groups excluding tert-OH is 2. The molecule has 0 bridgehead atoms. The van der Waals surface area contributed by atoms with Gasteiger partial charge in [-0.15, -0.1) is 0 Å². The average molecular weight is 349 g/mol. The maximum absolute atomic E-state index is 11.0. The molecule has 3 heteroatoms. The van der Waals surface area contributed by atoms with Gasteiger partial charge < -0.3 is 14.9 Å². The van der Waals surface area contributed by atoms with Gasteiger partial charge in [0.2, 0.25) is 0 Å². The highest BCUT2D eigenvalue weighted by molar-refractivity contribution is 5.14. The van der Waals surface area contributed by atoms with Crippen LogP contribution in [0.2, 0.25) is 0 Å². The van der Waals surface area contributed by atoms with Crippen LogP contribution in [0.5, 0.6) is 0 Å². The first-order valence-electron chi connectivity index (χ1n) is 10.8. The minimum Gasteiger partial charge on any atom is -0.393 e. The highest BCUT2D eigenvalue weighted by Crippen LogP contribution is 2.69. The molecule has 142 valence electrons. The van der Waals surface area contributed by atoms with E-state index >= 15 is 0 Å². The summed E-state index contributed by atoms with van der Waals surface area (Å²) in [6.45, 7) is 8.27. The fourth-order valence-electron chi connectivity index (χ4n) is 8.60. The molecule has 1 heterocycles. The number of hydrogen-bond acceptors (Lipinski definition) is 3. The van der Waals surface area contributed by atoms with Crippen molar-refractivity contribution in [2.24, 2.45) is 40.4 Å². The number of fused-ring (bicyclic) bond motifs is 5. The molecule has 1 aliphatic heterocycles. The van der Waals surface area contributed by atoms with Gasteiger partial charge in [0.25, 0.3) is 0 Å². The molecule has 4 saturated carbocycles. The van der Waals surface area contributed by atoms with Crippen molar-refractivity contribution in [2.45, 2.75) is 89.9 Å². The lowest BCUT2D eigenvalue weighted by Gasteiger charge is -2.62. The van der Waals surface area contributed by atoms with E-state index in [1.165, 1.54) is 25.7 Å². The molecule has 3 nitrogen and oxygen atoms in total. The Bertz CT molecular complexity index is 557. The molecule has 0 aromatic heterocycles. The minimum atomic E-state index is -0.213. The predicted molar refractivity (Wildman–Crippen MR) is 97.0 cm³/mol. The van der Waals surface area contributed by atoms with Crippen LogP contribution < -0.4 is 0 Å². The van der Waals surface area contributed by atoms with Crippen molar-refractivity contribution in [3.8, 4) is 0 Å².